The maximum Gasteiger partial charge on any atom is 0.266 e. The summed E-state index contributed by atoms with van der Waals surface area (Å²) in [5.41, 5.74) is 3.62. The van der Waals surface area contributed by atoms with Gasteiger partial charge in [0.2, 0.25) is 0 Å². The Bertz CT molecular complexity index is 1280. The summed E-state index contributed by atoms with van der Waals surface area (Å²) in [5, 5.41) is 1.57. The molecule has 1 amide bonds. The molecule has 1 heterocycles. The summed E-state index contributed by atoms with van der Waals surface area (Å²) in [6, 6.07) is 17.0. The molecule has 2 N–H and O–H groups in total. The summed E-state index contributed by atoms with van der Waals surface area (Å²) in [6.45, 7) is 0. The van der Waals surface area contributed by atoms with Crippen molar-refractivity contribution in [2.24, 2.45) is 0 Å². The smallest absolute Gasteiger partial charge is 0.266 e. The average molecular weight is 384 g/mol. The number of carbonyl (C=O) groups is 1. The van der Waals surface area contributed by atoms with Crippen LogP contribution in [-0.4, -0.2) is 14.3 Å². The molecule has 136 valence electrons. The highest BCUT2D eigenvalue weighted by Gasteiger charge is 2.20. The Morgan fingerprint density at radius 2 is 1.59 bits per heavy atom. The van der Waals surface area contributed by atoms with E-state index in [2.05, 4.69) is 5.43 Å². The molecule has 3 aromatic carbocycles. The number of hydrogen-bond donors (Lipinski definition) is 2. The van der Waals surface area contributed by atoms with Crippen LogP contribution < -0.4 is 10.3 Å². The van der Waals surface area contributed by atoms with Gasteiger partial charge in [-0.2, -0.15) is 0 Å². The molecule has 0 radical (unpaired) electrons. The van der Waals surface area contributed by atoms with E-state index in [0.717, 1.165) is 22.9 Å². The van der Waals surface area contributed by atoms with Gasteiger partial charge in [-0.1, -0.05) is 30.3 Å². The number of sulfonamides is 1. The number of hydrogen-bond acceptors (Lipinski definition) is 4. The Morgan fingerprint density at radius 1 is 0.889 bits per heavy atom. The van der Waals surface area contributed by atoms with Crippen molar-refractivity contribution in [1.29, 1.82) is 0 Å². The average Bonchev–Trinajstić information content (AvgIpc) is 3.04. The van der Waals surface area contributed by atoms with Gasteiger partial charge in [-0.15, -0.1) is 4.83 Å². The third-order valence-electron chi connectivity index (χ3n) is 4.06. The van der Waals surface area contributed by atoms with Gasteiger partial charge in [0, 0.05) is 16.3 Å². The maximum absolute atomic E-state index is 13.7. The van der Waals surface area contributed by atoms with Crippen LogP contribution in [0, 0.1) is 5.82 Å². The molecule has 1 aromatic heterocycles. The normalized spacial score (nSPS) is 11.7. The molecule has 0 aliphatic rings. The van der Waals surface area contributed by atoms with Crippen LogP contribution in [-0.2, 0) is 10.0 Å². The van der Waals surface area contributed by atoms with Crippen molar-refractivity contribution in [1.82, 2.24) is 10.3 Å². The minimum absolute atomic E-state index is 0.227. The first-order chi connectivity index (χ1) is 13.0. The SMILES string of the molecule is O=C(NNS(=O)(=O)c1ccccc1F)c1ccc2oc3ccccc3c2c1. The molecule has 27 heavy (non-hydrogen) atoms. The summed E-state index contributed by atoms with van der Waals surface area (Å²) in [7, 11) is -4.24. The first kappa shape index (κ1) is 17.2. The molecular formula is C19H13FN2O4S. The number of halogens is 1. The summed E-state index contributed by atoms with van der Waals surface area (Å²) in [5.74, 6) is -1.59. The van der Waals surface area contributed by atoms with E-state index in [1.807, 2.05) is 29.1 Å². The van der Waals surface area contributed by atoms with Gasteiger partial charge in [-0.25, -0.2) is 12.8 Å². The Balaban J connectivity index is 1.60. The topological polar surface area (TPSA) is 88.4 Å². The van der Waals surface area contributed by atoms with Gasteiger partial charge < -0.3 is 4.42 Å². The monoisotopic (exact) mass is 384 g/mol. The van der Waals surface area contributed by atoms with Crippen molar-refractivity contribution in [3.05, 3.63) is 78.1 Å². The van der Waals surface area contributed by atoms with E-state index in [4.69, 9.17) is 4.42 Å². The number of para-hydroxylation sites is 1. The van der Waals surface area contributed by atoms with Crippen molar-refractivity contribution in [2.45, 2.75) is 4.90 Å². The highest BCUT2D eigenvalue weighted by atomic mass is 32.2. The molecule has 0 spiro atoms. The molecule has 4 rings (SSSR count). The zero-order valence-corrected chi connectivity index (χ0v) is 14.6. The van der Waals surface area contributed by atoms with Crippen LogP contribution in [0.15, 0.2) is 76.0 Å². The van der Waals surface area contributed by atoms with E-state index >= 15 is 0 Å². The molecule has 8 heteroatoms. The van der Waals surface area contributed by atoms with Crippen LogP contribution in [0.3, 0.4) is 0 Å². The van der Waals surface area contributed by atoms with Crippen LogP contribution in [0.4, 0.5) is 4.39 Å². The van der Waals surface area contributed by atoms with E-state index in [1.54, 1.807) is 12.1 Å². The zero-order valence-electron chi connectivity index (χ0n) is 13.8. The second kappa shape index (κ2) is 6.49. The van der Waals surface area contributed by atoms with Crippen molar-refractivity contribution >= 4 is 37.9 Å². The highest BCUT2D eigenvalue weighted by molar-refractivity contribution is 7.89. The van der Waals surface area contributed by atoms with E-state index in [9.17, 15) is 17.6 Å². The number of furan rings is 1. The van der Waals surface area contributed by atoms with Gasteiger partial charge in [0.25, 0.3) is 15.9 Å². The summed E-state index contributed by atoms with van der Waals surface area (Å²) in [6.07, 6.45) is 0. The largest absolute Gasteiger partial charge is 0.456 e. The predicted octanol–water partition coefficient (Wildman–Crippen LogP) is 3.35. The minimum Gasteiger partial charge on any atom is -0.456 e. The Morgan fingerprint density at radius 3 is 2.41 bits per heavy atom. The first-order valence-electron chi connectivity index (χ1n) is 7.94. The second-order valence-electron chi connectivity index (χ2n) is 5.80. The standard InChI is InChI=1S/C19H13FN2O4S/c20-15-6-2-4-8-18(15)27(24,25)22-21-19(23)12-9-10-17-14(11-12)13-5-1-3-7-16(13)26-17/h1-11,22H,(H,21,23). The third kappa shape index (κ3) is 3.16. The van der Waals surface area contributed by atoms with Crippen molar-refractivity contribution < 1.29 is 22.0 Å². The molecule has 6 nitrogen and oxygen atoms in total. The van der Waals surface area contributed by atoms with Crippen LogP contribution in [0.2, 0.25) is 0 Å². The lowest BCUT2D eigenvalue weighted by Crippen LogP contribution is -2.41. The zero-order chi connectivity index (χ0) is 19.0. The van der Waals surface area contributed by atoms with Crippen molar-refractivity contribution in [3.8, 4) is 0 Å². The molecule has 0 saturated heterocycles. The van der Waals surface area contributed by atoms with Crippen molar-refractivity contribution in [2.75, 3.05) is 0 Å². The van der Waals surface area contributed by atoms with E-state index in [1.165, 1.54) is 18.2 Å². The highest BCUT2D eigenvalue weighted by Crippen LogP contribution is 2.29. The maximum atomic E-state index is 13.7. The molecule has 0 fully saturated rings. The number of amides is 1. The van der Waals surface area contributed by atoms with E-state index in [0.29, 0.717) is 11.2 Å². The van der Waals surface area contributed by atoms with Crippen LogP contribution in [0.5, 0.6) is 0 Å². The fourth-order valence-corrected chi connectivity index (χ4v) is 3.69. The molecule has 0 bridgehead atoms. The summed E-state index contributed by atoms with van der Waals surface area (Å²) >= 11 is 0. The van der Waals surface area contributed by atoms with Gasteiger partial charge in [0.15, 0.2) is 0 Å². The van der Waals surface area contributed by atoms with E-state index in [-0.39, 0.29) is 5.56 Å². The van der Waals surface area contributed by atoms with Gasteiger partial charge in [0.05, 0.1) is 0 Å². The van der Waals surface area contributed by atoms with Gasteiger partial charge in [-0.3, -0.25) is 10.2 Å². The fraction of sp³-hybridized carbons (Fsp3) is 0. The number of rotatable bonds is 4. The predicted molar refractivity (Wildman–Crippen MR) is 97.9 cm³/mol. The first-order valence-corrected chi connectivity index (χ1v) is 9.42. The Hall–Kier alpha value is -3.23. The molecule has 0 atom stereocenters. The van der Waals surface area contributed by atoms with Crippen LogP contribution >= 0.6 is 0 Å². The Kier molecular flexibility index (Phi) is 4.14. The molecule has 4 aromatic rings. The lowest BCUT2D eigenvalue weighted by molar-refractivity contribution is 0.0945. The van der Waals surface area contributed by atoms with Crippen molar-refractivity contribution in [3.63, 3.8) is 0 Å². The van der Waals surface area contributed by atoms with Crippen LogP contribution in [0.1, 0.15) is 10.4 Å². The van der Waals surface area contributed by atoms with Gasteiger partial charge in [0.1, 0.15) is 21.9 Å². The number of benzene rings is 3. The van der Waals surface area contributed by atoms with Crippen LogP contribution in [0.25, 0.3) is 21.9 Å². The number of nitrogens with one attached hydrogen (secondary N) is 2. The molecule has 0 aliphatic heterocycles. The summed E-state index contributed by atoms with van der Waals surface area (Å²) in [4.78, 5) is 13.7. The fourth-order valence-electron chi connectivity index (χ4n) is 2.77. The summed E-state index contributed by atoms with van der Waals surface area (Å²) < 4.78 is 43.7. The number of fused-ring (bicyclic) bond motifs is 3. The molecule has 0 unspecified atom stereocenters. The second-order valence-corrected chi connectivity index (χ2v) is 7.45. The Labute approximate surface area is 153 Å². The lowest BCUT2D eigenvalue weighted by Gasteiger charge is -2.09. The number of carbonyl (C=O) groups excluding carboxylic acids is 1. The third-order valence-corrected chi connectivity index (χ3v) is 5.34. The molecular weight excluding hydrogens is 371 g/mol. The van der Waals surface area contributed by atoms with Gasteiger partial charge in [-0.05, 0) is 36.4 Å². The minimum atomic E-state index is -4.24. The molecule has 0 saturated carbocycles. The quantitative estimate of drug-likeness (QED) is 0.528. The van der Waals surface area contributed by atoms with E-state index < -0.39 is 26.6 Å². The molecule has 0 aliphatic carbocycles. The lowest BCUT2D eigenvalue weighted by atomic mass is 10.1. The van der Waals surface area contributed by atoms with Gasteiger partial charge >= 0.3 is 0 Å². The number of hydrazine groups is 1.